The van der Waals surface area contributed by atoms with Gasteiger partial charge in [0.05, 0.1) is 6.42 Å². The van der Waals surface area contributed by atoms with Crippen LogP contribution in [0.4, 0.5) is 4.79 Å². The number of nitrogens with one attached hydrogen (secondary N) is 2. The molecule has 0 aliphatic carbocycles. The Hall–Kier alpha value is -3.55. The van der Waals surface area contributed by atoms with Gasteiger partial charge in [-0.25, -0.2) is 23.4 Å². The van der Waals surface area contributed by atoms with Crippen molar-refractivity contribution in [2.45, 2.75) is 29.5 Å². The Bertz CT molecular complexity index is 1060. The van der Waals surface area contributed by atoms with Gasteiger partial charge in [-0.15, -0.1) is 0 Å². The molecule has 1 aromatic rings. The fourth-order valence-corrected chi connectivity index (χ4v) is 5.63. The van der Waals surface area contributed by atoms with E-state index in [4.69, 9.17) is 4.74 Å². The molecule has 1 unspecified atom stereocenters. The molecule has 30 heavy (non-hydrogen) atoms. The summed E-state index contributed by atoms with van der Waals surface area (Å²) in [4.78, 5) is 47.8. The highest BCUT2D eigenvalue weighted by Gasteiger charge is 2.70. The topological polar surface area (TPSA) is 200 Å². The summed E-state index contributed by atoms with van der Waals surface area (Å²) in [6.07, 6.45) is -1.63. The largest absolute Gasteiger partial charge is 0.504 e. The lowest BCUT2D eigenvalue weighted by Crippen LogP contribution is -2.58. The molecule has 3 atom stereocenters. The summed E-state index contributed by atoms with van der Waals surface area (Å²) < 4.78 is 28.1. The number of carboxylic acids is 1. The number of nitrogens with zero attached hydrogens (tertiary/aromatic N) is 1. The number of aliphatic carboxylic acids is 1. The third-order valence-electron chi connectivity index (χ3n) is 5.05. The van der Waals surface area contributed by atoms with Crippen LogP contribution < -0.4 is 10.9 Å². The van der Waals surface area contributed by atoms with Crippen molar-refractivity contribution in [1.82, 2.24) is 15.8 Å². The fourth-order valence-electron chi connectivity index (χ4n) is 3.36. The molecule has 2 saturated heterocycles. The molecule has 2 aliphatic heterocycles. The molecule has 0 spiro atoms. The van der Waals surface area contributed by atoms with Gasteiger partial charge in [-0.1, -0.05) is 0 Å². The van der Waals surface area contributed by atoms with Crippen LogP contribution in [0.1, 0.15) is 23.7 Å². The van der Waals surface area contributed by atoms with E-state index in [1.54, 1.807) is 0 Å². The average Bonchev–Trinajstić information content (AvgIpc) is 2.81. The number of carbonyl (C=O) groups excluding carboxylic acids is 3. The van der Waals surface area contributed by atoms with Crippen LogP contribution in [0.2, 0.25) is 0 Å². The molecule has 162 valence electrons. The van der Waals surface area contributed by atoms with Crippen LogP contribution in [0.5, 0.6) is 11.5 Å². The number of amides is 3. The number of ether oxygens (including phenoxy) is 1. The van der Waals surface area contributed by atoms with E-state index >= 15 is 0 Å². The Morgan fingerprint density at radius 2 is 1.90 bits per heavy atom. The molecule has 2 aliphatic rings. The summed E-state index contributed by atoms with van der Waals surface area (Å²) >= 11 is 0. The van der Waals surface area contributed by atoms with E-state index in [2.05, 4.69) is 0 Å². The number of sulfone groups is 1. The van der Waals surface area contributed by atoms with Crippen LogP contribution in [-0.2, 0) is 24.2 Å². The van der Waals surface area contributed by atoms with Crippen LogP contribution in [-0.4, -0.2) is 75.3 Å². The minimum Gasteiger partial charge on any atom is -0.504 e. The first-order chi connectivity index (χ1) is 13.9. The molecule has 14 heteroatoms. The number of hydrogen-bond acceptors (Lipinski definition) is 9. The summed E-state index contributed by atoms with van der Waals surface area (Å²) in [6.45, 7) is 0.187. The number of β-lactam (4-membered cyclic amide) rings is 1. The first-order valence-electron chi connectivity index (χ1n) is 8.42. The predicted octanol–water partition coefficient (Wildman–Crippen LogP) is -1.33. The van der Waals surface area contributed by atoms with Gasteiger partial charge in [0.15, 0.2) is 27.4 Å². The summed E-state index contributed by atoms with van der Waals surface area (Å²) in [5.41, 5.74) is 3.66. The normalized spacial score (nSPS) is 26.3. The van der Waals surface area contributed by atoms with Crippen molar-refractivity contribution in [3.8, 4) is 11.5 Å². The minimum atomic E-state index is -4.15. The zero-order valence-electron chi connectivity index (χ0n) is 15.4. The Labute approximate surface area is 169 Å². The van der Waals surface area contributed by atoms with Crippen LogP contribution in [0.3, 0.4) is 0 Å². The molecular formula is C16H17N3O10S. The summed E-state index contributed by atoms with van der Waals surface area (Å²) in [7, 11) is -4.15. The maximum absolute atomic E-state index is 12.7. The van der Waals surface area contributed by atoms with Gasteiger partial charge >= 0.3 is 12.1 Å². The van der Waals surface area contributed by atoms with E-state index in [0.717, 1.165) is 30.0 Å². The molecule has 2 fully saturated rings. The van der Waals surface area contributed by atoms with Crippen LogP contribution >= 0.6 is 0 Å². The summed E-state index contributed by atoms with van der Waals surface area (Å²) in [5, 5.41) is 26.7. The van der Waals surface area contributed by atoms with Crippen molar-refractivity contribution in [3.63, 3.8) is 0 Å². The first-order valence-corrected chi connectivity index (χ1v) is 9.97. The summed E-state index contributed by atoms with van der Waals surface area (Å²) in [6, 6.07) is 1.41. The number of fused-ring (bicyclic) bond motifs is 1. The molecule has 0 bridgehead atoms. The van der Waals surface area contributed by atoms with Gasteiger partial charge in [0.25, 0.3) is 5.91 Å². The molecule has 0 saturated carbocycles. The van der Waals surface area contributed by atoms with Gasteiger partial charge in [0.1, 0.15) is 16.7 Å². The maximum atomic E-state index is 12.7. The quantitative estimate of drug-likeness (QED) is 0.211. The number of phenolic OH excluding ortho intramolecular Hbond substituents is 2. The molecular weight excluding hydrogens is 426 g/mol. The van der Waals surface area contributed by atoms with E-state index in [9.17, 15) is 42.9 Å². The van der Waals surface area contributed by atoms with Crippen molar-refractivity contribution in [3.05, 3.63) is 23.8 Å². The molecule has 1 aromatic carbocycles. The lowest BCUT2D eigenvalue weighted by atomic mass is 9.97. The van der Waals surface area contributed by atoms with Crippen molar-refractivity contribution in [2.75, 3.05) is 6.61 Å². The Morgan fingerprint density at radius 3 is 2.47 bits per heavy atom. The Balaban J connectivity index is 1.64. The highest BCUT2D eigenvalue weighted by atomic mass is 32.2. The lowest BCUT2D eigenvalue weighted by molar-refractivity contribution is -0.158. The minimum absolute atomic E-state index is 0.121. The van der Waals surface area contributed by atoms with E-state index in [0.29, 0.717) is 0 Å². The van der Waals surface area contributed by atoms with Crippen molar-refractivity contribution in [1.29, 1.82) is 0 Å². The smallest absolute Gasteiger partial charge is 0.426 e. The number of aromatic hydroxyl groups is 2. The molecule has 3 rings (SSSR count). The third-order valence-corrected chi connectivity index (χ3v) is 7.80. The van der Waals surface area contributed by atoms with E-state index in [1.807, 2.05) is 10.9 Å². The van der Waals surface area contributed by atoms with Crippen molar-refractivity contribution < 1.29 is 47.7 Å². The SMILES string of the molecule is C[C@]1(COC(=O)NNC(=O)c2ccc(O)c(O)c2)[C@H](C(=O)O)N2C(=O)CC2S1(=O)=O. The van der Waals surface area contributed by atoms with E-state index in [1.165, 1.54) is 0 Å². The second-order valence-corrected chi connectivity index (χ2v) is 9.48. The third kappa shape index (κ3) is 3.14. The molecule has 3 amide bonds. The fraction of sp³-hybridized carbons (Fsp3) is 0.375. The standard InChI is InChI=1S/C16H17N3O10S/c1-16(12(14(24)25)19-10(22)5-11(19)30(16,27)28)6-29-15(26)18-17-13(23)7-2-3-8(20)9(21)4-7/h2-4,11-12,20-21H,5-6H2,1H3,(H,17,23)(H,18,26)(H,24,25)/t11?,12-,16-/m0/s1. The zero-order valence-corrected chi connectivity index (χ0v) is 16.2. The number of carboxylic acid groups (broad SMARTS) is 1. The van der Waals surface area contributed by atoms with Gasteiger partial charge < -0.3 is 25.0 Å². The summed E-state index contributed by atoms with van der Waals surface area (Å²) in [5.74, 6) is -4.10. The monoisotopic (exact) mass is 443 g/mol. The highest BCUT2D eigenvalue weighted by molar-refractivity contribution is 7.94. The second kappa shape index (κ2) is 7.05. The van der Waals surface area contributed by atoms with Crippen LogP contribution in [0.15, 0.2) is 18.2 Å². The van der Waals surface area contributed by atoms with E-state index in [-0.39, 0.29) is 12.0 Å². The zero-order chi connectivity index (χ0) is 22.4. The molecule has 13 nitrogen and oxygen atoms in total. The molecule has 0 radical (unpaired) electrons. The number of carbonyl (C=O) groups is 4. The predicted molar refractivity (Wildman–Crippen MR) is 95.7 cm³/mol. The van der Waals surface area contributed by atoms with Gasteiger partial charge in [0, 0.05) is 5.56 Å². The second-order valence-electron chi connectivity index (χ2n) is 6.92. The average molecular weight is 443 g/mol. The van der Waals surface area contributed by atoms with Crippen LogP contribution in [0.25, 0.3) is 0 Å². The van der Waals surface area contributed by atoms with Gasteiger partial charge in [0.2, 0.25) is 5.91 Å². The van der Waals surface area contributed by atoms with Crippen LogP contribution in [0, 0.1) is 0 Å². The Kier molecular flexibility index (Phi) is 4.97. The first kappa shape index (κ1) is 21.2. The Morgan fingerprint density at radius 1 is 1.23 bits per heavy atom. The van der Waals surface area contributed by atoms with Gasteiger partial charge in [-0.05, 0) is 25.1 Å². The number of hydrazine groups is 1. The van der Waals surface area contributed by atoms with Crippen molar-refractivity contribution >= 4 is 33.7 Å². The number of hydrogen-bond donors (Lipinski definition) is 5. The molecule has 5 N–H and O–H groups in total. The lowest BCUT2D eigenvalue weighted by Gasteiger charge is -2.35. The van der Waals surface area contributed by atoms with Gasteiger partial charge in [-0.2, -0.15) is 0 Å². The molecule has 2 heterocycles. The number of benzene rings is 1. The number of phenols is 2. The van der Waals surface area contributed by atoms with Gasteiger partial charge in [-0.3, -0.25) is 15.0 Å². The molecule has 0 aromatic heterocycles. The highest BCUT2D eigenvalue weighted by Crippen LogP contribution is 2.46. The number of rotatable bonds is 4. The van der Waals surface area contributed by atoms with E-state index < -0.39 is 68.0 Å². The maximum Gasteiger partial charge on any atom is 0.426 e. The van der Waals surface area contributed by atoms with Crippen molar-refractivity contribution in [2.24, 2.45) is 0 Å².